The zero-order valence-corrected chi connectivity index (χ0v) is 21.7. The van der Waals surface area contributed by atoms with Gasteiger partial charge in [0.25, 0.3) is 5.78 Å². The predicted octanol–water partition coefficient (Wildman–Crippen LogP) is 4.94. The number of thiazole rings is 1. The lowest BCUT2D eigenvalue weighted by Gasteiger charge is -2.23. The van der Waals surface area contributed by atoms with E-state index in [0.29, 0.717) is 28.1 Å². The smallest absolute Gasteiger partial charge is 0.350 e. The van der Waals surface area contributed by atoms with Crippen molar-refractivity contribution < 1.29 is 29.0 Å². The van der Waals surface area contributed by atoms with Crippen LogP contribution in [-0.4, -0.2) is 42.0 Å². The zero-order chi connectivity index (χ0) is 25.4. The number of hydrogen-bond donors (Lipinski definition) is 1. The maximum Gasteiger partial charge on any atom is 0.350 e. The molecule has 1 aliphatic heterocycles. The van der Waals surface area contributed by atoms with Gasteiger partial charge in [-0.15, -0.1) is 0 Å². The van der Waals surface area contributed by atoms with Crippen molar-refractivity contribution in [3.8, 4) is 5.75 Å². The normalized spacial score (nSPS) is 17.1. The molecule has 10 heteroatoms. The van der Waals surface area contributed by atoms with Gasteiger partial charge in [0.05, 0.1) is 31.5 Å². The molecular formula is C25H21BrN2O6S. The fraction of sp³-hybridized carbons (Fsp3) is 0.200. The van der Waals surface area contributed by atoms with Gasteiger partial charge in [-0.2, -0.15) is 0 Å². The van der Waals surface area contributed by atoms with Gasteiger partial charge in [0.1, 0.15) is 16.4 Å². The summed E-state index contributed by atoms with van der Waals surface area (Å²) in [4.78, 5) is 44.6. The summed E-state index contributed by atoms with van der Waals surface area (Å²) in [7, 11) is 2.79. The Balaban J connectivity index is 1.95. The van der Waals surface area contributed by atoms with Crippen LogP contribution in [0.25, 0.3) is 5.76 Å². The van der Waals surface area contributed by atoms with Crippen LogP contribution in [0.1, 0.15) is 38.1 Å². The first-order chi connectivity index (χ1) is 16.7. The number of ether oxygens (including phenoxy) is 2. The SMILES string of the molecule is COC(=O)c1sc(N2C(=O)C(=O)C(=C(O)c3ccc(OC)cc3C)C2c2cccc(Br)c2)nc1C. The maximum atomic E-state index is 13.3. The summed E-state index contributed by atoms with van der Waals surface area (Å²) in [5.41, 5.74) is 1.94. The molecule has 0 aliphatic carbocycles. The van der Waals surface area contributed by atoms with Crippen molar-refractivity contribution in [1.82, 2.24) is 4.98 Å². The molecule has 1 atom stereocenters. The summed E-state index contributed by atoms with van der Waals surface area (Å²) in [6.07, 6.45) is 0. The molecular weight excluding hydrogens is 536 g/mol. The first-order valence-corrected chi connectivity index (χ1v) is 12.1. The number of halogens is 1. The van der Waals surface area contributed by atoms with Crippen molar-refractivity contribution >= 4 is 55.8 Å². The van der Waals surface area contributed by atoms with Gasteiger partial charge in [-0.1, -0.05) is 39.4 Å². The van der Waals surface area contributed by atoms with Crippen molar-refractivity contribution in [3.63, 3.8) is 0 Å². The number of aliphatic hydroxyl groups excluding tert-OH is 1. The number of nitrogens with zero attached hydrogens (tertiary/aromatic N) is 2. The topological polar surface area (TPSA) is 106 Å². The molecule has 1 aromatic heterocycles. The van der Waals surface area contributed by atoms with E-state index in [1.807, 2.05) is 6.07 Å². The minimum Gasteiger partial charge on any atom is -0.507 e. The number of amides is 1. The molecule has 4 rings (SSSR count). The standard InChI is InChI=1S/C25H21BrN2O6S/c1-12-10-16(33-3)8-9-17(12)20(29)18-19(14-6-5-7-15(26)11-14)28(23(31)21(18)30)25-27-13(2)22(35-25)24(32)34-4/h5-11,19,29H,1-4H3. The van der Waals surface area contributed by atoms with Crippen molar-refractivity contribution in [2.45, 2.75) is 19.9 Å². The van der Waals surface area contributed by atoms with Crippen LogP contribution in [0.2, 0.25) is 0 Å². The molecule has 3 aromatic rings. The van der Waals surface area contributed by atoms with E-state index in [-0.39, 0.29) is 21.3 Å². The number of rotatable bonds is 5. The zero-order valence-electron chi connectivity index (χ0n) is 19.3. The molecule has 0 spiro atoms. The Morgan fingerprint density at radius 2 is 1.89 bits per heavy atom. The Hall–Kier alpha value is -3.50. The van der Waals surface area contributed by atoms with E-state index in [4.69, 9.17) is 9.47 Å². The number of benzene rings is 2. The van der Waals surface area contributed by atoms with Crippen LogP contribution in [0.15, 0.2) is 52.5 Å². The van der Waals surface area contributed by atoms with Crippen LogP contribution in [0.3, 0.4) is 0 Å². The number of ketones is 1. The van der Waals surface area contributed by atoms with Gasteiger partial charge >= 0.3 is 11.9 Å². The predicted molar refractivity (Wildman–Crippen MR) is 135 cm³/mol. The van der Waals surface area contributed by atoms with Crippen molar-refractivity contribution in [3.05, 3.63) is 79.8 Å². The molecule has 0 bridgehead atoms. The molecule has 1 saturated heterocycles. The Kier molecular flexibility index (Phi) is 6.77. The first kappa shape index (κ1) is 24.6. The number of carbonyl (C=O) groups is 3. The quantitative estimate of drug-likeness (QED) is 0.205. The third kappa shape index (κ3) is 4.35. The van der Waals surface area contributed by atoms with Crippen molar-refractivity contribution in [2.75, 3.05) is 19.1 Å². The van der Waals surface area contributed by atoms with Crippen LogP contribution in [0, 0.1) is 13.8 Å². The lowest BCUT2D eigenvalue weighted by Crippen LogP contribution is -2.29. The second kappa shape index (κ2) is 9.63. The molecule has 1 amide bonds. The Labute approximate surface area is 213 Å². The molecule has 1 fully saturated rings. The molecule has 1 aliphatic rings. The van der Waals surface area contributed by atoms with Gasteiger partial charge in [0, 0.05) is 10.0 Å². The molecule has 2 aromatic carbocycles. The van der Waals surface area contributed by atoms with Gasteiger partial charge in [0.15, 0.2) is 5.13 Å². The molecule has 0 saturated carbocycles. The van der Waals surface area contributed by atoms with Gasteiger partial charge < -0.3 is 14.6 Å². The third-order valence-electron chi connectivity index (χ3n) is 5.66. The van der Waals surface area contributed by atoms with E-state index in [1.165, 1.54) is 19.1 Å². The van der Waals surface area contributed by atoms with E-state index in [0.717, 1.165) is 15.8 Å². The fourth-order valence-corrected chi connectivity index (χ4v) is 5.39. The highest BCUT2D eigenvalue weighted by atomic mass is 79.9. The summed E-state index contributed by atoms with van der Waals surface area (Å²) >= 11 is 4.38. The number of hydrogen-bond acceptors (Lipinski definition) is 8. The number of carbonyl (C=O) groups excluding carboxylic acids is 3. The average molecular weight is 557 g/mol. The largest absolute Gasteiger partial charge is 0.507 e. The highest BCUT2D eigenvalue weighted by molar-refractivity contribution is 9.10. The average Bonchev–Trinajstić information content (AvgIpc) is 3.34. The van der Waals surface area contributed by atoms with Gasteiger partial charge in [0.2, 0.25) is 0 Å². The molecule has 1 unspecified atom stereocenters. The van der Waals surface area contributed by atoms with Crippen molar-refractivity contribution in [2.24, 2.45) is 0 Å². The summed E-state index contributed by atoms with van der Waals surface area (Å²) in [5.74, 6) is -2.01. The molecule has 180 valence electrons. The van der Waals surface area contributed by atoms with Crippen LogP contribution >= 0.6 is 27.3 Å². The van der Waals surface area contributed by atoms with Crippen LogP contribution in [0.4, 0.5) is 5.13 Å². The molecule has 8 nitrogen and oxygen atoms in total. The summed E-state index contributed by atoms with van der Waals surface area (Å²) in [5, 5.41) is 11.5. The second-order valence-electron chi connectivity index (χ2n) is 7.81. The number of Topliss-reactive ketones (excluding diaryl/α,β-unsaturated/α-hetero) is 1. The van der Waals surface area contributed by atoms with E-state index in [2.05, 4.69) is 20.9 Å². The minimum atomic E-state index is -0.968. The monoisotopic (exact) mass is 556 g/mol. The van der Waals surface area contributed by atoms with Crippen LogP contribution < -0.4 is 9.64 Å². The van der Waals surface area contributed by atoms with Crippen molar-refractivity contribution in [1.29, 1.82) is 0 Å². The molecule has 35 heavy (non-hydrogen) atoms. The second-order valence-corrected chi connectivity index (χ2v) is 9.70. The molecule has 2 heterocycles. The molecule has 0 radical (unpaired) electrons. The summed E-state index contributed by atoms with van der Waals surface area (Å²) in [6.45, 7) is 3.40. The van der Waals surface area contributed by atoms with E-state index in [1.54, 1.807) is 50.2 Å². The number of methoxy groups -OCH3 is 2. The van der Waals surface area contributed by atoms with Gasteiger partial charge in [-0.25, -0.2) is 9.78 Å². The van der Waals surface area contributed by atoms with Gasteiger partial charge in [-0.3, -0.25) is 14.5 Å². The number of aliphatic hydroxyl groups is 1. The number of anilines is 1. The molecule has 1 N–H and O–H groups in total. The van der Waals surface area contributed by atoms with E-state index < -0.39 is 23.7 Å². The van der Waals surface area contributed by atoms with Gasteiger partial charge in [-0.05, 0) is 55.3 Å². The highest BCUT2D eigenvalue weighted by Crippen LogP contribution is 2.44. The van der Waals surface area contributed by atoms with Crippen LogP contribution in [0.5, 0.6) is 5.75 Å². The number of esters is 1. The highest BCUT2D eigenvalue weighted by Gasteiger charge is 2.48. The minimum absolute atomic E-state index is 0.0752. The van der Waals surface area contributed by atoms with E-state index in [9.17, 15) is 19.5 Å². The van der Waals surface area contributed by atoms with E-state index >= 15 is 0 Å². The Morgan fingerprint density at radius 1 is 1.14 bits per heavy atom. The Morgan fingerprint density at radius 3 is 2.51 bits per heavy atom. The first-order valence-electron chi connectivity index (χ1n) is 10.4. The third-order valence-corrected chi connectivity index (χ3v) is 7.29. The summed E-state index contributed by atoms with van der Waals surface area (Å²) < 4.78 is 10.8. The summed E-state index contributed by atoms with van der Waals surface area (Å²) in [6, 6.07) is 11.2. The lowest BCUT2D eigenvalue weighted by molar-refractivity contribution is -0.132. The fourth-order valence-electron chi connectivity index (χ4n) is 3.96. The maximum absolute atomic E-state index is 13.3. The Bertz CT molecular complexity index is 1400. The number of aromatic nitrogens is 1. The lowest BCUT2D eigenvalue weighted by atomic mass is 9.94. The van der Waals surface area contributed by atoms with Crippen LogP contribution in [-0.2, 0) is 14.3 Å². The number of aryl methyl sites for hydroxylation is 2.